The molecule has 4 atom stereocenters. The van der Waals surface area contributed by atoms with Crippen molar-refractivity contribution in [1.29, 1.82) is 0 Å². The fraction of sp³-hybridized carbons (Fsp3) is 0.421. The quantitative estimate of drug-likeness (QED) is 0.176. The number of hydrogen-bond donors (Lipinski definition) is 7. The van der Waals surface area contributed by atoms with Gasteiger partial charge in [-0.1, -0.05) is 30.3 Å². The van der Waals surface area contributed by atoms with Gasteiger partial charge in [-0.25, -0.2) is 4.79 Å². The van der Waals surface area contributed by atoms with E-state index in [-0.39, 0.29) is 12.2 Å². The molecule has 0 fully saturated rings. The Morgan fingerprint density at radius 3 is 1.94 bits per heavy atom. The highest BCUT2D eigenvalue weighted by molar-refractivity contribution is 7.80. The lowest BCUT2D eigenvalue weighted by atomic mass is 10.0. The Morgan fingerprint density at radius 2 is 1.45 bits per heavy atom. The Kier molecular flexibility index (Phi) is 10.5. The number of benzene rings is 1. The monoisotopic (exact) mass is 453 g/mol. The van der Waals surface area contributed by atoms with E-state index in [1.807, 2.05) is 0 Å². The van der Waals surface area contributed by atoms with Crippen molar-refractivity contribution in [1.82, 2.24) is 16.0 Å². The molecule has 0 radical (unpaired) electrons. The normalized spacial score (nSPS) is 14.4. The zero-order valence-corrected chi connectivity index (χ0v) is 17.8. The summed E-state index contributed by atoms with van der Waals surface area (Å²) in [4.78, 5) is 59.9. The molecular formula is C19H27N5O6S. The molecule has 0 saturated heterocycles. The minimum Gasteiger partial charge on any atom is -0.480 e. The lowest BCUT2D eigenvalue weighted by Gasteiger charge is -2.24. The summed E-state index contributed by atoms with van der Waals surface area (Å²) in [5, 5.41) is 16.2. The summed E-state index contributed by atoms with van der Waals surface area (Å²) >= 11 is 3.90. The van der Waals surface area contributed by atoms with Crippen molar-refractivity contribution in [2.24, 2.45) is 11.5 Å². The SMILES string of the molecule is CC(N)C(=O)NC(CC(N)=O)C(=O)NC(Cc1ccccc1)C(=O)NC(CS)C(=O)O. The molecule has 0 aromatic heterocycles. The van der Waals surface area contributed by atoms with Crippen LogP contribution in [0.2, 0.25) is 0 Å². The smallest absolute Gasteiger partial charge is 0.327 e. The van der Waals surface area contributed by atoms with Crippen LogP contribution in [0.3, 0.4) is 0 Å². The van der Waals surface area contributed by atoms with E-state index < -0.39 is 60.2 Å². The van der Waals surface area contributed by atoms with E-state index in [1.165, 1.54) is 6.92 Å². The molecule has 4 unspecified atom stereocenters. The minimum absolute atomic E-state index is 0.0296. The third-order valence-electron chi connectivity index (χ3n) is 4.16. The van der Waals surface area contributed by atoms with Gasteiger partial charge in [0.2, 0.25) is 23.6 Å². The number of aliphatic carboxylic acids is 1. The number of amides is 4. The number of carbonyl (C=O) groups is 5. The van der Waals surface area contributed by atoms with Gasteiger partial charge in [-0.3, -0.25) is 19.2 Å². The van der Waals surface area contributed by atoms with E-state index in [2.05, 4.69) is 28.6 Å². The molecule has 31 heavy (non-hydrogen) atoms. The molecule has 11 nitrogen and oxygen atoms in total. The Bertz CT molecular complexity index is 804. The van der Waals surface area contributed by atoms with Crippen molar-refractivity contribution in [3.63, 3.8) is 0 Å². The Hall–Kier alpha value is -3.12. The van der Waals surface area contributed by atoms with Gasteiger partial charge in [-0.05, 0) is 12.5 Å². The predicted octanol–water partition coefficient (Wildman–Crippen LogP) is -2.08. The van der Waals surface area contributed by atoms with Crippen LogP contribution in [0.25, 0.3) is 0 Å². The van der Waals surface area contributed by atoms with Crippen LogP contribution in [0.1, 0.15) is 18.9 Å². The number of thiol groups is 1. The fourth-order valence-electron chi connectivity index (χ4n) is 2.50. The van der Waals surface area contributed by atoms with Crippen LogP contribution < -0.4 is 27.4 Å². The van der Waals surface area contributed by atoms with E-state index in [0.29, 0.717) is 5.56 Å². The maximum Gasteiger partial charge on any atom is 0.327 e. The van der Waals surface area contributed by atoms with Crippen LogP contribution in [0.15, 0.2) is 30.3 Å². The number of carboxylic acid groups (broad SMARTS) is 1. The second-order valence-electron chi connectivity index (χ2n) is 6.85. The van der Waals surface area contributed by atoms with Crippen LogP contribution in [-0.2, 0) is 30.4 Å². The minimum atomic E-state index is -1.36. The summed E-state index contributed by atoms with van der Waals surface area (Å²) in [6, 6.07) is 3.91. The predicted molar refractivity (Wildman–Crippen MR) is 115 cm³/mol. The highest BCUT2D eigenvalue weighted by Crippen LogP contribution is 2.06. The molecule has 0 heterocycles. The number of hydrogen-bond acceptors (Lipinski definition) is 7. The molecule has 12 heteroatoms. The van der Waals surface area contributed by atoms with E-state index in [0.717, 1.165) is 0 Å². The van der Waals surface area contributed by atoms with Crippen molar-refractivity contribution in [2.75, 3.05) is 5.75 Å². The highest BCUT2D eigenvalue weighted by Gasteiger charge is 2.30. The summed E-state index contributed by atoms with van der Waals surface area (Å²) in [7, 11) is 0. The lowest BCUT2D eigenvalue weighted by Crippen LogP contribution is -2.58. The molecular weight excluding hydrogens is 426 g/mol. The summed E-state index contributed by atoms with van der Waals surface area (Å²) in [6.45, 7) is 1.39. The van der Waals surface area contributed by atoms with Crippen LogP contribution >= 0.6 is 12.6 Å². The first-order valence-corrected chi connectivity index (χ1v) is 10.0. The first kappa shape index (κ1) is 25.9. The van der Waals surface area contributed by atoms with E-state index >= 15 is 0 Å². The van der Waals surface area contributed by atoms with E-state index in [1.54, 1.807) is 30.3 Å². The topological polar surface area (TPSA) is 194 Å². The zero-order chi connectivity index (χ0) is 23.6. The number of primary amides is 1. The summed E-state index contributed by atoms with van der Waals surface area (Å²) in [5.74, 6) is -4.61. The second-order valence-corrected chi connectivity index (χ2v) is 7.22. The highest BCUT2D eigenvalue weighted by atomic mass is 32.1. The molecule has 1 aromatic rings. The van der Waals surface area contributed by atoms with Crippen molar-refractivity contribution in [3.8, 4) is 0 Å². The molecule has 0 saturated carbocycles. The molecule has 0 bridgehead atoms. The number of carboxylic acids is 1. The van der Waals surface area contributed by atoms with Gasteiger partial charge in [0.25, 0.3) is 0 Å². The first-order chi connectivity index (χ1) is 14.5. The second kappa shape index (κ2) is 12.5. The van der Waals surface area contributed by atoms with Crippen molar-refractivity contribution in [3.05, 3.63) is 35.9 Å². The Balaban J connectivity index is 3.07. The van der Waals surface area contributed by atoms with Gasteiger partial charge in [-0.15, -0.1) is 0 Å². The van der Waals surface area contributed by atoms with E-state index in [9.17, 15) is 24.0 Å². The number of carbonyl (C=O) groups excluding carboxylic acids is 4. The number of rotatable bonds is 12. The third-order valence-corrected chi connectivity index (χ3v) is 4.53. The van der Waals surface area contributed by atoms with Gasteiger partial charge in [0.05, 0.1) is 12.5 Å². The van der Waals surface area contributed by atoms with Crippen LogP contribution in [0.4, 0.5) is 0 Å². The Morgan fingerprint density at radius 1 is 0.935 bits per heavy atom. The average Bonchev–Trinajstić information content (AvgIpc) is 2.70. The molecule has 170 valence electrons. The van der Waals surface area contributed by atoms with Gasteiger partial charge in [0.15, 0.2) is 0 Å². The molecule has 0 aliphatic heterocycles. The number of nitrogens with two attached hydrogens (primary N) is 2. The maximum atomic E-state index is 12.7. The van der Waals surface area contributed by atoms with Gasteiger partial charge in [0, 0.05) is 12.2 Å². The summed E-state index contributed by atoms with van der Waals surface area (Å²) < 4.78 is 0. The van der Waals surface area contributed by atoms with Crippen molar-refractivity contribution >= 4 is 42.2 Å². The number of nitrogens with one attached hydrogen (secondary N) is 3. The molecule has 0 aliphatic carbocycles. The van der Waals surface area contributed by atoms with Gasteiger partial charge >= 0.3 is 5.97 Å². The largest absolute Gasteiger partial charge is 0.480 e. The molecule has 1 aromatic carbocycles. The van der Waals surface area contributed by atoms with Crippen LogP contribution in [0, 0.1) is 0 Å². The average molecular weight is 454 g/mol. The summed E-state index contributed by atoms with van der Waals surface area (Å²) in [6.07, 6.45) is -0.486. The molecule has 8 N–H and O–H groups in total. The lowest BCUT2D eigenvalue weighted by molar-refractivity contribution is -0.141. The molecule has 0 aliphatic rings. The zero-order valence-electron chi connectivity index (χ0n) is 16.9. The van der Waals surface area contributed by atoms with Gasteiger partial charge < -0.3 is 32.5 Å². The van der Waals surface area contributed by atoms with Crippen LogP contribution in [-0.4, -0.2) is 64.6 Å². The van der Waals surface area contributed by atoms with Gasteiger partial charge in [-0.2, -0.15) is 12.6 Å². The fourth-order valence-corrected chi connectivity index (χ4v) is 2.75. The van der Waals surface area contributed by atoms with Crippen LogP contribution in [0.5, 0.6) is 0 Å². The van der Waals surface area contributed by atoms with E-state index in [4.69, 9.17) is 16.6 Å². The standard InChI is InChI=1S/C19H27N5O6S/c1-10(20)16(26)22-13(8-15(21)25)18(28)23-12(7-11-5-3-2-4-6-11)17(27)24-14(9-31)19(29)30/h2-6,10,12-14,31H,7-9,20H2,1H3,(H2,21,25)(H,22,26)(H,23,28)(H,24,27)(H,29,30). The third kappa shape index (κ3) is 9.05. The first-order valence-electron chi connectivity index (χ1n) is 9.37. The molecule has 1 rings (SSSR count). The van der Waals surface area contributed by atoms with Crippen molar-refractivity contribution in [2.45, 2.75) is 43.9 Å². The Labute approximate surface area is 184 Å². The maximum absolute atomic E-state index is 12.7. The molecule has 0 spiro atoms. The van der Waals surface area contributed by atoms with Gasteiger partial charge in [0.1, 0.15) is 18.1 Å². The van der Waals surface area contributed by atoms with Crippen molar-refractivity contribution < 1.29 is 29.1 Å². The summed E-state index contributed by atoms with van der Waals surface area (Å²) in [5.41, 5.74) is 11.3. The molecule has 4 amide bonds.